The molecule has 2 aromatic rings. The van der Waals surface area contributed by atoms with Gasteiger partial charge in [-0.25, -0.2) is 9.50 Å². The first-order valence-corrected chi connectivity index (χ1v) is 3.55. The third-order valence-corrected chi connectivity index (χ3v) is 1.86. The number of rotatable bonds is 0. The fourth-order valence-electron chi connectivity index (χ4n) is 1.11. The second kappa shape index (κ2) is 2.91. The Morgan fingerprint density at radius 2 is 2.08 bits per heavy atom. The van der Waals surface area contributed by atoms with Crippen LogP contribution in [0.3, 0.4) is 0 Å². The standard InChI is InChI=1S/C8H9N3.H3N/c1-6-7(2)10-11-5-3-4-9-8(6)11;/h3-5H,1-2H3;1H3. The summed E-state index contributed by atoms with van der Waals surface area (Å²) in [6, 6.07) is 1.87. The van der Waals surface area contributed by atoms with Gasteiger partial charge in [-0.1, -0.05) is 0 Å². The van der Waals surface area contributed by atoms with Crippen LogP contribution in [0.25, 0.3) is 5.65 Å². The first kappa shape index (κ1) is 8.67. The van der Waals surface area contributed by atoms with Crippen molar-refractivity contribution in [1.82, 2.24) is 20.7 Å². The van der Waals surface area contributed by atoms with Crippen molar-refractivity contribution in [3.8, 4) is 0 Å². The molecular weight excluding hydrogens is 152 g/mol. The highest BCUT2D eigenvalue weighted by Gasteiger charge is 2.02. The van der Waals surface area contributed by atoms with Crippen LogP contribution in [0.4, 0.5) is 0 Å². The fourth-order valence-corrected chi connectivity index (χ4v) is 1.11. The zero-order valence-corrected chi connectivity index (χ0v) is 7.28. The highest BCUT2D eigenvalue weighted by atomic mass is 15.2. The van der Waals surface area contributed by atoms with Crippen LogP contribution in [0, 0.1) is 13.8 Å². The number of aromatic nitrogens is 3. The molecule has 3 N–H and O–H groups in total. The summed E-state index contributed by atoms with van der Waals surface area (Å²) in [6.07, 6.45) is 3.69. The molecule has 0 spiro atoms. The normalized spacial score (nSPS) is 9.83. The van der Waals surface area contributed by atoms with Gasteiger partial charge in [0, 0.05) is 18.0 Å². The summed E-state index contributed by atoms with van der Waals surface area (Å²) in [6.45, 7) is 4.02. The maximum Gasteiger partial charge on any atom is 0.158 e. The molecule has 0 aliphatic rings. The Kier molecular flexibility index (Phi) is 2.10. The van der Waals surface area contributed by atoms with E-state index in [-0.39, 0.29) is 6.15 Å². The number of hydrogen-bond acceptors (Lipinski definition) is 3. The Hall–Kier alpha value is -1.42. The van der Waals surface area contributed by atoms with Gasteiger partial charge in [0.05, 0.1) is 5.69 Å². The van der Waals surface area contributed by atoms with Crippen molar-refractivity contribution in [3.05, 3.63) is 29.7 Å². The third kappa shape index (κ3) is 1.06. The molecule has 2 aromatic heterocycles. The monoisotopic (exact) mass is 164 g/mol. The van der Waals surface area contributed by atoms with E-state index in [1.807, 2.05) is 26.1 Å². The fraction of sp³-hybridized carbons (Fsp3) is 0.250. The van der Waals surface area contributed by atoms with Gasteiger partial charge < -0.3 is 6.15 Å². The van der Waals surface area contributed by atoms with Crippen LogP contribution in [0.15, 0.2) is 18.5 Å². The molecule has 0 fully saturated rings. The maximum absolute atomic E-state index is 4.27. The Morgan fingerprint density at radius 3 is 2.75 bits per heavy atom. The molecule has 0 bridgehead atoms. The van der Waals surface area contributed by atoms with E-state index in [2.05, 4.69) is 10.1 Å². The predicted molar refractivity (Wildman–Crippen MR) is 47.5 cm³/mol. The van der Waals surface area contributed by atoms with Crippen LogP contribution in [0.1, 0.15) is 11.3 Å². The molecule has 64 valence electrons. The summed E-state index contributed by atoms with van der Waals surface area (Å²) in [5.74, 6) is 0. The number of hydrogen-bond donors (Lipinski definition) is 1. The van der Waals surface area contributed by atoms with E-state index in [4.69, 9.17) is 0 Å². The van der Waals surface area contributed by atoms with Gasteiger partial charge in [0.25, 0.3) is 0 Å². The highest BCUT2D eigenvalue weighted by molar-refractivity contribution is 5.47. The van der Waals surface area contributed by atoms with E-state index in [1.54, 1.807) is 10.7 Å². The molecule has 0 aliphatic heterocycles. The van der Waals surface area contributed by atoms with Gasteiger partial charge >= 0.3 is 0 Å². The lowest BCUT2D eigenvalue weighted by Gasteiger charge is -1.88. The quantitative estimate of drug-likeness (QED) is 0.641. The summed E-state index contributed by atoms with van der Waals surface area (Å²) in [5, 5.41) is 4.27. The second-order valence-corrected chi connectivity index (χ2v) is 2.60. The van der Waals surface area contributed by atoms with Gasteiger partial charge in [-0.15, -0.1) is 0 Å². The molecule has 2 heterocycles. The average Bonchev–Trinajstić information content (AvgIpc) is 2.30. The molecule has 0 radical (unpaired) electrons. The van der Waals surface area contributed by atoms with Crippen molar-refractivity contribution in [1.29, 1.82) is 0 Å². The zero-order chi connectivity index (χ0) is 7.84. The maximum atomic E-state index is 4.27. The molecule has 0 aromatic carbocycles. The van der Waals surface area contributed by atoms with Crippen LogP contribution in [-0.4, -0.2) is 14.6 Å². The highest BCUT2D eigenvalue weighted by Crippen LogP contribution is 2.09. The minimum absolute atomic E-state index is 0. The van der Waals surface area contributed by atoms with E-state index < -0.39 is 0 Å². The topological polar surface area (TPSA) is 65.2 Å². The van der Waals surface area contributed by atoms with Crippen molar-refractivity contribution >= 4 is 5.65 Å². The van der Waals surface area contributed by atoms with Gasteiger partial charge in [0.2, 0.25) is 0 Å². The van der Waals surface area contributed by atoms with Gasteiger partial charge in [-0.05, 0) is 19.9 Å². The van der Waals surface area contributed by atoms with E-state index in [1.165, 1.54) is 0 Å². The van der Waals surface area contributed by atoms with Gasteiger partial charge in [-0.3, -0.25) is 0 Å². The lowest BCUT2D eigenvalue weighted by atomic mass is 10.3. The Balaban J connectivity index is 0.000000720. The molecular formula is C8H12N4. The zero-order valence-electron chi connectivity index (χ0n) is 7.28. The molecule has 0 aliphatic carbocycles. The van der Waals surface area contributed by atoms with Gasteiger partial charge in [-0.2, -0.15) is 5.10 Å². The largest absolute Gasteiger partial charge is 0.344 e. The van der Waals surface area contributed by atoms with Gasteiger partial charge in [0.1, 0.15) is 0 Å². The van der Waals surface area contributed by atoms with Gasteiger partial charge in [0.15, 0.2) is 5.65 Å². The summed E-state index contributed by atoms with van der Waals surface area (Å²) in [4.78, 5) is 4.20. The van der Waals surface area contributed by atoms with Crippen LogP contribution >= 0.6 is 0 Å². The number of nitrogens with zero attached hydrogens (tertiary/aromatic N) is 3. The van der Waals surface area contributed by atoms with Crippen LogP contribution < -0.4 is 6.15 Å². The molecule has 0 saturated carbocycles. The minimum Gasteiger partial charge on any atom is -0.344 e. The first-order valence-electron chi connectivity index (χ1n) is 3.55. The first-order chi connectivity index (χ1) is 5.29. The Morgan fingerprint density at radius 1 is 1.33 bits per heavy atom. The summed E-state index contributed by atoms with van der Waals surface area (Å²) in [7, 11) is 0. The molecule has 0 amide bonds. The number of fused-ring (bicyclic) bond motifs is 1. The Bertz CT molecular complexity index is 391. The molecule has 12 heavy (non-hydrogen) atoms. The lowest BCUT2D eigenvalue weighted by molar-refractivity contribution is 0.917. The van der Waals surface area contributed by atoms with Crippen LogP contribution in [0.2, 0.25) is 0 Å². The van der Waals surface area contributed by atoms with E-state index in [9.17, 15) is 0 Å². The third-order valence-electron chi connectivity index (χ3n) is 1.86. The molecule has 4 heteroatoms. The average molecular weight is 164 g/mol. The summed E-state index contributed by atoms with van der Waals surface area (Å²) in [5.41, 5.74) is 3.15. The van der Waals surface area contributed by atoms with Crippen LogP contribution in [0.5, 0.6) is 0 Å². The summed E-state index contributed by atoms with van der Waals surface area (Å²) >= 11 is 0. The molecule has 4 nitrogen and oxygen atoms in total. The van der Waals surface area contributed by atoms with Crippen molar-refractivity contribution in [2.75, 3.05) is 0 Å². The van der Waals surface area contributed by atoms with Crippen molar-refractivity contribution in [2.45, 2.75) is 13.8 Å². The van der Waals surface area contributed by atoms with E-state index >= 15 is 0 Å². The van der Waals surface area contributed by atoms with Crippen molar-refractivity contribution < 1.29 is 0 Å². The van der Waals surface area contributed by atoms with E-state index in [0.717, 1.165) is 16.9 Å². The van der Waals surface area contributed by atoms with E-state index in [0.29, 0.717) is 0 Å². The smallest absolute Gasteiger partial charge is 0.158 e. The molecule has 0 atom stereocenters. The predicted octanol–water partition coefficient (Wildman–Crippen LogP) is 1.51. The van der Waals surface area contributed by atoms with Crippen LogP contribution in [-0.2, 0) is 0 Å². The van der Waals surface area contributed by atoms with Crippen molar-refractivity contribution in [2.24, 2.45) is 0 Å². The molecule has 2 rings (SSSR count). The summed E-state index contributed by atoms with van der Waals surface area (Å²) < 4.78 is 1.80. The second-order valence-electron chi connectivity index (χ2n) is 2.60. The lowest BCUT2D eigenvalue weighted by Crippen LogP contribution is -1.86. The van der Waals surface area contributed by atoms with Crippen molar-refractivity contribution in [3.63, 3.8) is 0 Å². The minimum atomic E-state index is 0. The molecule has 0 saturated heterocycles. The number of aryl methyl sites for hydroxylation is 2. The molecule has 0 unspecified atom stereocenters. The SMILES string of the molecule is Cc1nn2cccnc2c1C.N. The Labute approximate surface area is 70.8 Å².